The molecule has 2 heterocycles. The van der Waals surface area contributed by atoms with E-state index in [1.807, 2.05) is 0 Å². The molecule has 2 fully saturated rings. The summed E-state index contributed by atoms with van der Waals surface area (Å²) in [7, 11) is -3.67. The van der Waals surface area contributed by atoms with Crippen molar-refractivity contribution in [2.24, 2.45) is 5.41 Å². The zero-order chi connectivity index (χ0) is 17.4. The van der Waals surface area contributed by atoms with Gasteiger partial charge in [0, 0.05) is 26.1 Å². The third-order valence-corrected chi connectivity index (χ3v) is 7.32. The van der Waals surface area contributed by atoms with E-state index in [1.54, 1.807) is 6.92 Å². The van der Waals surface area contributed by atoms with Crippen LogP contribution in [-0.2, 0) is 14.8 Å². The molecule has 0 bridgehead atoms. The molecule has 3 rings (SSSR count). The summed E-state index contributed by atoms with van der Waals surface area (Å²) in [5, 5.41) is 2.88. The number of hydrogen-bond donors (Lipinski definition) is 1. The lowest BCUT2D eigenvalue weighted by Crippen LogP contribution is -2.43. The minimum atomic E-state index is -3.67. The van der Waals surface area contributed by atoms with Gasteiger partial charge in [0.1, 0.15) is 5.82 Å². The van der Waals surface area contributed by atoms with Crippen LogP contribution in [0.25, 0.3) is 0 Å². The van der Waals surface area contributed by atoms with E-state index < -0.39 is 15.8 Å². The Hall–Kier alpha value is -1.47. The molecule has 1 aromatic rings. The number of nitrogens with zero attached hydrogens (tertiary/aromatic N) is 1. The molecule has 0 atom stereocenters. The molecule has 1 spiro atoms. The maximum atomic E-state index is 13.7. The number of aryl methyl sites for hydroxylation is 1. The van der Waals surface area contributed by atoms with Crippen LogP contribution in [0.1, 0.15) is 37.7 Å². The van der Waals surface area contributed by atoms with E-state index in [0.29, 0.717) is 31.6 Å². The first kappa shape index (κ1) is 17.4. The highest BCUT2D eigenvalue weighted by Crippen LogP contribution is 2.41. The summed E-state index contributed by atoms with van der Waals surface area (Å²) >= 11 is 0. The van der Waals surface area contributed by atoms with E-state index in [1.165, 1.54) is 16.4 Å². The van der Waals surface area contributed by atoms with Crippen molar-refractivity contribution in [1.82, 2.24) is 9.62 Å². The summed E-state index contributed by atoms with van der Waals surface area (Å²) in [6, 6.07) is 4.06. The van der Waals surface area contributed by atoms with Gasteiger partial charge in [-0.15, -0.1) is 0 Å². The smallest absolute Gasteiger partial charge is 0.243 e. The van der Waals surface area contributed by atoms with Crippen LogP contribution in [-0.4, -0.2) is 38.3 Å². The van der Waals surface area contributed by atoms with E-state index in [2.05, 4.69) is 5.32 Å². The number of piperidine rings is 1. The van der Waals surface area contributed by atoms with Crippen LogP contribution in [0.3, 0.4) is 0 Å². The summed E-state index contributed by atoms with van der Waals surface area (Å²) < 4.78 is 40.6. The SMILES string of the molecule is Cc1ccc(S(=O)(=O)N2CCC3(CCNC(=O)CC3)CC2)cc1F. The molecule has 0 radical (unpaired) electrons. The highest BCUT2D eigenvalue weighted by atomic mass is 32.2. The molecule has 1 N–H and O–H groups in total. The molecule has 132 valence electrons. The first-order valence-corrected chi connectivity index (χ1v) is 9.80. The number of sulfonamides is 1. The Kier molecular flexibility index (Phi) is 4.66. The second kappa shape index (κ2) is 6.44. The van der Waals surface area contributed by atoms with Gasteiger partial charge in [0.05, 0.1) is 4.90 Å². The van der Waals surface area contributed by atoms with E-state index in [-0.39, 0.29) is 16.2 Å². The number of nitrogens with one attached hydrogen (secondary N) is 1. The Balaban J connectivity index is 1.73. The number of rotatable bonds is 2. The third kappa shape index (κ3) is 3.32. The Morgan fingerprint density at radius 2 is 1.88 bits per heavy atom. The Morgan fingerprint density at radius 1 is 1.17 bits per heavy atom. The molecule has 2 aliphatic heterocycles. The molecule has 0 aromatic heterocycles. The van der Waals surface area contributed by atoms with Gasteiger partial charge in [-0.05, 0) is 55.7 Å². The minimum absolute atomic E-state index is 0.0132. The molecular weight excluding hydrogens is 331 g/mol. The van der Waals surface area contributed by atoms with Gasteiger partial charge in [-0.2, -0.15) is 4.31 Å². The maximum absolute atomic E-state index is 13.7. The minimum Gasteiger partial charge on any atom is -0.356 e. The summed E-state index contributed by atoms with van der Waals surface area (Å²) in [6.45, 7) is 3.12. The number of amides is 1. The van der Waals surface area contributed by atoms with Crippen LogP contribution in [0.15, 0.2) is 23.1 Å². The molecule has 1 aromatic carbocycles. The highest BCUT2D eigenvalue weighted by molar-refractivity contribution is 7.89. The fraction of sp³-hybridized carbons (Fsp3) is 0.588. The van der Waals surface area contributed by atoms with Gasteiger partial charge >= 0.3 is 0 Å². The summed E-state index contributed by atoms with van der Waals surface area (Å²) in [6.07, 6.45) is 3.71. The van der Waals surface area contributed by atoms with Crippen molar-refractivity contribution in [2.75, 3.05) is 19.6 Å². The lowest BCUT2D eigenvalue weighted by atomic mass is 9.73. The molecule has 24 heavy (non-hydrogen) atoms. The third-order valence-electron chi connectivity index (χ3n) is 5.42. The predicted octanol–water partition coefficient (Wildman–Crippen LogP) is 2.21. The van der Waals surface area contributed by atoms with Crippen molar-refractivity contribution in [1.29, 1.82) is 0 Å². The average Bonchev–Trinajstić information content (AvgIpc) is 2.73. The largest absolute Gasteiger partial charge is 0.356 e. The maximum Gasteiger partial charge on any atom is 0.243 e. The van der Waals surface area contributed by atoms with E-state index in [9.17, 15) is 17.6 Å². The number of halogens is 1. The van der Waals surface area contributed by atoms with Gasteiger partial charge in [-0.3, -0.25) is 4.79 Å². The van der Waals surface area contributed by atoms with Gasteiger partial charge in [0.25, 0.3) is 0 Å². The van der Waals surface area contributed by atoms with Crippen molar-refractivity contribution in [2.45, 2.75) is 43.9 Å². The van der Waals surface area contributed by atoms with Crippen molar-refractivity contribution in [3.8, 4) is 0 Å². The number of benzene rings is 1. The Bertz CT molecular complexity index is 740. The summed E-state index contributed by atoms with van der Waals surface area (Å²) in [5.41, 5.74) is 0.478. The van der Waals surface area contributed by atoms with Crippen LogP contribution in [0.4, 0.5) is 4.39 Å². The van der Waals surface area contributed by atoms with Crippen molar-refractivity contribution >= 4 is 15.9 Å². The average molecular weight is 354 g/mol. The van der Waals surface area contributed by atoms with Gasteiger partial charge in [0.15, 0.2) is 0 Å². The zero-order valence-electron chi connectivity index (χ0n) is 13.8. The Labute approximate surface area is 142 Å². The lowest BCUT2D eigenvalue weighted by Gasteiger charge is -2.40. The molecule has 1 amide bonds. The number of carbonyl (C=O) groups is 1. The Morgan fingerprint density at radius 3 is 2.54 bits per heavy atom. The summed E-state index contributed by atoms with van der Waals surface area (Å²) in [5.74, 6) is -0.421. The molecule has 2 aliphatic rings. The fourth-order valence-electron chi connectivity index (χ4n) is 3.64. The van der Waals surface area contributed by atoms with Crippen LogP contribution < -0.4 is 5.32 Å². The van der Waals surface area contributed by atoms with Crippen LogP contribution in [0.5, 0.6) is 0 Å². The highest BCUT2D eigenvalue weighted by Gasteiger charge is 2.39. The van der Waals surface area contributed by atoms with Gasteiger partial charge in [0.2, 0.25) is 15.9 Å². The van der Waals surface area contributed by atoms with Gasteiger partial charge < -0.3 is 5.32 Å². The normalized spacial score (nSPS) is 22.2. The van der Waals surface area contributed by atoms with Crippen LogP contribution in [0, 0.1) is 18.2 Å². The van der Waals surface area contributed by atoms with E-state index in [0.717, 1.165) is 31.7 Å². The monoisotopic (exact) mass is 354 g/mol. The predicted molar refractivity (Wildman–Crippen MR) is 88.4 cm³/mol. The molecule has 0 aliphatic carbocycles. The second-order valence-electron chi connectivity index (χ2n) is 6.92. The molecule has 5 nitrogen and oxygen atoms in total. The number of carbonyl (C=O) groups excluding carboxylic acids is 1. The van der Waals surface area contributed by atoms with Crippen LogP contribution >= 0.6 is 0 Å². The van der Waals surface area contributed by atoms with Crippen molar-refractivity contribution < 1.29 is 17.6 Å². The van der Waals surface area contributed by atoms with Gasteiger partial charge in [-0.1, -0.05) is 6.07 Å². The number of hydrogen-bond acceptors (Lipinski definition) is 3. The quantitative estimate of drug-likeness (QED) is 0.885. The first-order valence-electron chi connectivity index (χ1n) is 8.35. The van der Waals surface area contributed by atoms with E-state index >= 15 is 0 Å². The molecule has 0 unspecified atom stereocenters. The lowest BCUT2D eigenvalue weighted by molar-refractivity contribution is -0.120. The van der Waals surface area contributed by atoms with E-state index in [4.69, 9.17) is 0 Å². The second-order valence-corrected chi connectivity index (χ2v) is 8.85. The standard InChI is InChI=1S/C17H23FN2O3S/c1-13-2-3-14(12-15(13)18)24(22,23)20-10-7-17(8-11-20)5-4-16(21)19-9-6-17/h2-3,12H,4-11H2,1H3,(H,19,21). The summed E-state index contributed by atoms with van der Waals surface area (Å²) in [4.78, 5) is 11.5. The van der Waals surface area contributed by atoms with Gasteiger partial charge in [-0.25, -0.2) is 12.8 Å². The first-order chi connectivity index (χ1) is 11.3. The van der Waals surface area contributed by atoms with Crippen LogP contribution in [0.2, 0.25) is 0 Å². The topological polar surface area (TPSA) is 66.5 Å². The molecule has 7 heteroatoms. The van der Waals surface area contributed by atoms with Crippen molar-refractivity contribution in [3.05, 3.63) is 29.6 Å². The molecule has 0 saturated carbocycles. The zero-order valence-corrected chi connectivity index (χ0v) is 14.7. The van der Waals surface area contributed by atoms with Crippen molar-refractivity contribution in [3.63, 3.8) is 0 Å². The fourth-order valence-corrected chi connectivity index (χ4v) is 5.10. The molecule has 2 saturated heterocycles. The molecular formula is C17H23FN2O3S.